The molecule has 0 atom stereocenters. The second-order valence-corrected chi connectivity index (χ2v) is 7.74. The average molecular weight is 423 g/mol. The van der Waals surface area contributed by atoms with Gasteiger partial charge in [0, 0.05) is 11.1 Å². The van der Waals surface area contributed by atoms with E-state index in [-0.39, 0.29) is 10.7 Å². The molecule has 1 aliphatic rings. The molecule has 7 nitrogen and oxygen atoms in total. The highest BCUT2D eigenvalue weighted by atomic mass is 35.5. The lowest BCUT2D eigenvalue weighted by atomic mass is 10.1. The topological polar surface area (TPSA) is 94.6 Å². The van der Waals surface area contributed by atoms with Gasteiger partial charge in [0.15, 0.2) is 6.61 Å². The molecule has 2 aromatic heterocycles. The number of nitrogens with one attached hydrogen (secondary N) is 1. The van der Waals surface area contributed by atoms with Crippen molar-refractivity contribution in [3.05, 3.63) is 45.1 Å². The van der Waals surface area contributed by atoms with E-state index in [0.717, 1.165) is 42.5 Å². The van der Waals surface area contributed by atoms with Crippen LogP contribution in [0.5, 0.6) is 0 Å². The first-order valence-corrected chi connectivity index (χ1v) is 10.0. The van der Waals surface area contributed by atoms with Crippen LogP contribution in [-0.2, 0) is 27.1 Å². The van der Waals surface area contributed by atoms with Crippen molar-refractivity contribution in [2.45, 2.75) is 32.1 Å². The molecule has 1 aliphatic carbocycles. The third-order valence-corrected chi connectivity index (χ3v) is 5.77. The van der Waals surface area contributed by atoms with Gasteiger partial charge in [-0.1, -0.05) is 18.0 Å². The maximum absolute atomic E-state index is 12.3. The molecule has 0 bridgehead atoms. The zero-order valence-electron chi connectivity index (χ0n) is 15.2. The number of ether oxygens (including phenoxy) is 2. The van der Waals surface area contributed by atoms with Crippen molar-refractivity contribution in [2.75, 3.05) is 19.0 Å². The summed E-state index contributed by atoms with van der Waals surface area (Å²) in [5.41, 5.74) is 1.56. The molecule has 1 N–H and O–H groups in total. The fourth-order valence-electron chi connectivity index (χ4n) is 3.06. The van der Waals surface area contributed by atoms with Gasteiger partial charge in [0.05, 0.1) is 18.2 Å². The number of aryl methyl sites for hydroxylation is 1. The number of rotatable bonds is 5. The average Bonchev–Trinajstić information content (AvgIpc) is 2.85. The van der Waals surface area contributed by atoms with E-state index in [1.165, 1.54) is 36.8 Å². The molecule has 0 radical (unpaired) electrons. The van der Waals surface area contributed by atoms with Crippen LogP contribution in [0.3, 0.4) is 0 Å². The molecule has 0 spiro atoms. The largest absolute Gasteiger partial charge is 0.465 e. The second kappa shape index (κ2) is 9.16. The number of carbonyl (C=O) groups excluding carboxylic acids is 3. The van der Waals surface area contributed by atoms with E-state index in [2.05, 4.69) is 10.3 Å². The van der Waals surface area contributed by atoms with Gasteiger partial charge in [-0.2, -0.15) is 0 Å². The summed E-state index contributed by atoms with van der Waals surface area (Å²) < 4.78 is 9.92. The van der Waals surface area contributed by atoms with Crippen LogP contribution in [-0.4, -0.2) is 36.5 Å². The van der Waals surface area contributed by atoms with Crippen LogP contribution in [0.15, 0.2) is 18.3 Å². The number of pyridine rings is 1. The second-order valence-electron chi connectivity index (χ2n) is 6.25. The minimum Gasteiger partial charge on any atom is -0.465 e. The predicted molar refractivity (Wildman–Crippen MR) is 105 cm³/mol. The number of halogens is 1. The zero-order chi connectivity index (χ0) is 20.1. The molecular weight excluding hydrogens is 404 g/mol. The summed E-state index contributed by atoms with van der Waals surface area (Å²) in [6, 6.07) is 2.80. The van der Waals surface area contributed by atoms with Gasteiger partial charge in [0.2, 0.25) is 0 Å². The van der Waals surface area contributed by atoms with Gasteiger partial charge in [-0.05, 0) is 43.4 Å². The van der Waals surface area contributed by atoms with Crippen molar-refractivity contribution in [3.63, 3.8) is 0 Å². The molecule has 148 valence electrons. The number of thiophene rings is 1. The Morgan fingerprint density at radius 2 is 2.00 bits per heavy atom. The molecule has 0 saturated carbocycles. The standard InChI is InChI=1S/C19H19ClN2O5S/c1-26-19(25)16-12-5-3-2-4-6-13(12)28-17(16)22-15(23)10-27-18(24)11-7-8-21-14(20)9-11/h7-9H,2-6,10H2,1H3,(H,22,23). The molecule has 1 amide bonds. The number of fused-ring (bicyclic) bond motifs is 1. The summed E-state index contributed by atoms with van der Waals surface area (Å²) in [5, 5.41) is 3.28. The number of hydrogen-bond acceptors (Lipinski definition) is 7. The van der Waals surface area contributed by atoms with Gasteiger partial charge >= 0.3 is 11.9 Å². The van der Waals surface area contributed by atoms with Gasteiger partial charge in [0.25, 0.3) is 5.91 Å². The van der Waals surface area contributed by atoms with Crippen molar-refractivity contribution < 1.29 is 23.9 Å². The number of nitrogens with zero attached hydrogens (tertiary/aromatic N) is 1. The summed E-state index contributed by atoms with van der Waals surface area (Å²) in [6.45, 7) is -0.484. The number of methoxy groups -OCH3 is 1. The lowest BCUT2D eigenvalue weighted by molar-refractivity contribution is -0.119. The third kappa shape index (κ3) is 4.69. The Hall–Kier alpha value is -2.45. The van der Waals surface area contributed by atoms with Crippen molar-refractivity contribution in [1.82, 2.24) is 4.98 Å². The van der Waals surface area contributed by atoms with E-state index in [0.29, 0.717) is 10.6 Å². The van der Waals surface area contributed by atoms with Crippen molar-refractivity contribution in [1.29, 1.82) is 0 Å². The van der Waals surface area contributed by atoms with Crippen molar-refractivity contribution in [3.8, 4) is 0 Å². The number of aromatic nitrogens is 1. The van der Waals surface area contributed by atoms with Gasteiger partial charge in [-0.3, -0.25) is 4.79 Å². The molecule has 0 fully saturated rings. The van der Waals surface area contributed by atoms with E-state index in [4.69, 9.17) is 21.1 Å². The van der Waals surface area contributed by atoms with Crippen molar-refractivity contribution in [2.24, 2.45) is 0 Å². The van der Waals surface area contributed by atoms with Crippen LogP contribution in [0.4, 0.5) is 5.00 Å². The molecule has 2 heterocycles. The van der Waals surface area contributed by atoms with E-state index in [9.17, 15) is 14.4 Å². The Labute approximate surface area is 171 Å². The Balaban J connectivity index is 1.70. The van der Waals surface area contributed by atoms with Crippen LogP contribution in [0.2, 0.25) is 5.15 Å². The van der Waals surface area contributed by atoms with Gasteiger partial charge in [-0.25, -0.2) is 14.6 Å². The molecule has 0 saturated heterocycles. The summed E-state index contributed by atoms with van der Waals surface area (Å²) in [6.07, 6.45) is 6.18. The fraction of sp³-hybridized carbons (Fsp3) is 0.368. The van der Waals surface area contributed by atoms with Crippen LogP contribution in [0, 0.1) is 0 Å². The first-order valence-electron chi connectivity index (χ1n) is 8.81. The number of carbonyl (C=O) groups is 3. The maximum Gasteiger partial charge on any atom is 0.341 e. The molecule has 0 aromatic carbocycles. The SMILES string of the molecule is COC(=O)c1c(NC(=O)COC(=O)c2ccnc(Cl)c2)sc2c1CCCCC2. The van der Waals surface area contributed by atoms with Crippen molar-refractivity contribution >= 4 is 45.8 Å². The highest BCUT2D eigenvalue weighted by Crippen LogP contribution is 2.37. The molecule has 2 aromatic rings. The number of amides is 1. The summed E-state index contributed by atoms with van der Waals surface area (Å²) >= 11 is 7.12. The van der Waals surface area contributed by atoms with E-state index < -0.39 is 24.5 Å². The van der Waals surface area contributed by atoms with Gasteiger partial charge in [-0.15, -0.1) is 11.3 Å². The number of esters is 2. The van der Waals surface area contributed by atoms with Crippen LogP contribution in [0.25, 0.3) is 0 Å². The van der Waals surface area contributed by atoms with E-state index in [1.54, 1.807) is 0 Å². The fourth-order valence-corrected chi connectivity index (χ4v) is 4.52. The molecule has 0 aliphatic heterocycles. The smallest absolute Gasteiger partial charge is 0.341 e. The number of hydrogen-bond donors (Lipinski definition) is 1. The summed E-state index contributed by atoms with van der Waals surface area (Å²) in [4.78, 5) is 41.4. The lowest BCUT2D eigenvalue weighted by Gasteiger charge is -2.08. The van der Waals surface area contributed by atoms with Crippen LogP contribution >= 0.6 is 22.9 Å². The third-order valence-electron chi connectivity index (χ3n) is 4.36. The van der Waals surface area contributed by atoms with Crippen LogP contribution < -0.4 is 5.32 Å². The summed E-state index contributed by atoms with van der Waals surface area (Å²) in [7, 11) is 1.32. The lowest BCUT2D eigenvalue weighted by Crippen LogP contribution is -2.21. The normalized spacial score (nSPS) is 13.2. The molecular formula is C19H19ClN2O5S. The summed E-state index contributed by atoms with van der Waals surface area (Å²) in [5.74, 6) is -1.69. The Morgan fingerprint density at radius 1 is 1.21 bits per heavy atom. The first kappa shape index (κ1) is 20.3. The minimum absolute atomic E-state index is 0.154. The predicted octanol–water partition coefficient (Wildman–Crippen LogP) is 3.65. The maximum atomic E-state index is 12.3. The monoisotopic (exact) mass is 422 g/mol. The zero-order valence-corrected chi connectivity index (χ0v) is 16.8. The number of anilines is 1. The minimum atomic E-state index is -0.686. The van der Waals surface area contributed by atoms with E-state index in [1.807, 2.05) is 0 Å². The van der Waals surface area contributed by atoms with Gasteiger partial charge < -0.3 is 14.8 Å². The Bertz CT molecular complexity index is 912. The van der Waals surface area contributed by atoms with E-state index >= 15 is 0 Å². The quantitative estimate of drug-likeness (QED) is 0.449. The van der Waals surface area contributed by atoms with Gasteiger partial charge in [0.1, 0.15) is 10.2 Å². The Kier molecular flexibility index (Phi) is 6.64. The molecule has 9 heteroatoms. The first-order chi connectivity index (χ1) is 13.5. The van der Waals surface area contributed by atoms with Crippen LogP contribution in [0.1, 0.15) is 50.4 Å². The highest BCUT2D eigenvalue weighted by molar-refractivity contribution is 7.17. The highest BCUT2D eigenvalue weighted by Gasteiger charge is 2.26. The Morgan fingerprint density at radius 3 is 2.75 bits per heavy atom. The molecule has 28 heavy (non-hydrogen) atoms. The molecule has 3 rings (SSSR count). The molecule has 0 unspecified atom stereocenters.